The Hall–Kier alpha value is -2.20. The maximum Gasteiger partial charge on any atom is 0.410 e. The molecule has 1 aromatic rings. The van der Waals surface area contributed by atoms with E-state index in [1.54, 1.807) is 4.90 Å². The summed E-state index contributed by atoms with van der Waals surface area (Å²) in [5.74, 6) is 0.430. The van der Waals surface area contributed by atoms with Gasteiger partial charge in [-0.15, -0.1) is 0 Å². The van der Waals surface area contributed by atoms with Gasteiger partial charge in [-0.3, -0.25) is 0 Å². The van der Waals surface area contributed by atoms with E-state index in [9.17, 15) is 4.79 Å². The third-order valence-electron chi connectivity index (χ3n) is 3.89. The van der Waals surface area contributed by atoms with Crippen LogP contribution < -0.4 is 0 Å². The van der Waals surface area contributed by atoms with Crippen molar-refractivity contribution >= 4 is 6.09 Å². The molecule has 0 N–H and O–H groups in total. The molecule has 0 spiro atoms. The fourth-order valence-corrected chi connectivity index (χ4v) is 2.78. The molecule has 0 bridgehead atoms. The van der Waals surface area contributed by atoms with E-state index in [0.717, 1.165) is 18.4 Å². The highest BCUT2D eigenvalue weighted by Gasteiger charge is 2.27. The minimum atomic E-state index is -0.455. The van der Waals surface area contributed by atoms with Crippen molar-refractivity contribution in [2.45, 2.75) is 51.7 Å². The van der Waals surface area contributed by atoms with Gasteiger partial charge < -0.3 is 9.64 Å². The number of rotatable bonds is 3. The second-order valence-electron chi connectivity index (χ2n) is 6.88. The summed E-state index contributed by atoms with van der Waals surface area (Å²) >= 11 is 0. The Bertz CT molecular complexity index is 595. The Kier molecular flexibility index (Phi) is 5.50. The van der Waals surface area contributed by atoms with Gasteiger partial charge in [0, 0.05) is 18.0 Å². The van der Waals surface area contributed by atoms with E-state index < -0.39 is 5.60 Å². The van der Waals surface area contributed by atoms with Gasteiger partial charge in [0.05, 0.1) is 6.54 Å². The number of nitrogens with zero attached hydrogens (tertiary/aromatic N) is 4. The maximum absolute atomic E-state index is 12.1. The van der Waals surface area contributed by atoms with Crippen LogP contribution in [-0.4, -0.2) is 29.7 Å². The fraction of sp³-hybridized carbons (Fsp3) is 0.588. The molecule has 0 radical (unpaired) electrons. The Morgan fingerprint density at radius 1 is 1.39 bits per heavy atom. The third kappa shape index (κ3) is 5.18. The SMILES string of the molecule is CC(C)(C)OC(=O)N1CCC(c2cccc(CN=[N+]=[N-])c2)CC1. The van der Waals surface area contributed by atoms with Crippen molar-refractivity contribution in [3.05, 3.63) is 45.8 Å². The average molecular weight is 316 g/mol. The molecule has 0 aromatic heterocycles. The van der Waals surface area contributed by atoms with Gasteiger partial charge >= 0.3 is 6.09 Å². The van der Waals surface area contributed by atoms with Crippen LogP contribution in [0.5, 0.6) is 0 Å². The van der Waals surface area contributed by atoms with E-state index in [0.29, 0.717) is 25.6 Å². The molecule has 23 heavy (non-hydrogen) atoms. The smallest absolute Gasteiger partial charge is 0.410 e. The van der Waals surface area contributed by atoms with Crippen LogP contribution >= 0.6 is 0 Å². The van der Waals surface area contributed by atoms with Crippen LogP contribution in [-0.2, 0) is 11.3 Å². The van der Waals surface area contributed by atoms with Gasteiger partial charge in [-0.25, -0.2) is 4.79 Å². The molecule has 6 nitrogen and oxygen atoms in total. The molecule has 1 aliphatic rings. The van der Waals surface area contributed by atoms with Gasteiger partial charge in [0.15, 0.2) is 0 Å². The number of ether oxygens (including phenoxy) is 1. The zero-order valence-corrected chi connectivity index (χ0v) is 14.0. The van der Waals surface area contributed by atoms with Crippen LogP contribution in [0.4, 0.5) is 4.79 Å². The zero-order chi connectivity index (χ0) is 16.9. The Labute approximate surface area is 137 Å². The molecule has 0 saturated carbocycles. The number of hydrogen-bond acceptors (Lipinski definition) is 3. The molecule has 2 rings (SSSR count). The molecular weight excluding hydrogens is 292 g/mol. The molecule has 124 valence electrons. The van der Waals surface area contributed by atoms with Crippen LogP contribution in [0.2, 0.25) is 0 Å². The highest BCUT2D eigenvalue weighted by Crippen LogP contribution is 2.29. The largest absolute Gasteiger partial charge is 0.444 e. The topological polar surface area (TPSA) is 78.3 Å². The van der Waals surface area contributed by atoms with E-state index in [4.69, 9.17) is 10.3 Å². The third-order valence-corrected chi connectivity index (χ3v) is 3.89. The Morgan fingerprint density at radius 3 is 2.70 bits per heavy atom. The van der Waals surface area contributed by atoms with Gasteiger partial charge in [-0.1, -0.05) is 29.4 Å². The lowest BCUT2D eigenvalue weighted by Crippen LogP contribution is -2.41. The molecule has 0 aliphatic carbocycles. The monoisotopic (exact) mass is 316 g/mol. The first-order valence-corrected chi connectivity index (χ1v) is 7.96. The summed E-state index contributed by atoms with van der Waals surface area (Å²) in [6, 6.07) is 8.17. The van der Waals surface area contributed by atoms with Crippen molar-refractivity contribution in [3.63, 3.8) is 0 Å². The van der Waals surface area contributed by atoms with Crippen molar-refractivity contribution < 1.29 is 9.53 Å². The molecule has 1 heterocycles. The number of benzene rings is 1. The van der Waals surface area contributed by atoms with E-state index in [1.165, 1.54) is 5.56 Å². The van der Waals surface area contributed by atoms with Gasteiger partial charge in [0.2, 0.25) is 0 Å². The van der Waals surface area contributed by atoms with E-state index in [1.807, 2.05) is 32.9 Å². The van der Waals surface area contributed by atoms with E-state index >= 15 is 0 Å². The molecule has 1 saturated heterocycles. The summed E-state index contributed by atoms with van der Waals surface area (Å²) < 4.78 is 5.42. The lowest BCUT2D eigenvalue weighted by molar-refractivity contribution is 0.0205. The van der Waals surface area contributed by atoms with Gasteiger partial charge in [-0.05, 0) is 56.2 Å². The number of amides is 1. The van der Waals surface area contributed by atoms with Crippen LogP contribution in [0, 0.1) is 0 Å². The molecule has 1 aliphatic heterocycles. The summed E-state index contributed by atoms with van der Waals surface area (Å²) in [5.41, 5.74) is 10.2. The molecule has 1 aromatic carbocycles. The first-order valence-electron chi connectivity index (χ1n) is 7.96. The van der Waals surface area contributed by atoms with E-state index in [2.05, 4.69) is 22.2 Å². The Morgan fingerprint density at radius 2 is 2.09 bits per heavy atom. The highest BCUT2D eigenvalue weighted by atomic mass is 16.6. The van der Waals surface area contributed by atoms with Gasteiger partial charge in [0.25, 0.3) is 0 Å². The standard InChI is InChI=1S/C17H24N4O2/c1-17(2,3)23-16(22)21-9-7-14(8-10-21)15-6-4-5-13(11-15)12-19-20-18/h4-6,11,14H,7-10,12H2,1-3H3. The van der Waals surface area contributed by atoms with Crippen LogP contribution in [0.15, 0.2) is 29.4 Å². The number of likely N-dealkylation sites (tertiary alicyclic amines) is 1. The first-order chi connectivity index (χ1) is 10.9. The van der Waals surface area contributed by atoms with Gasteiger partial charge in [-0.2, -0.15) is 0 Å². The van der Waals surface area contributed by atoms with Crippen LogP contribution in [0.3, 0.4) is 0 Å². The van der Waals surface area contributed by atoms with Crippen molar-refractivity contribution in [2.24, 2.45) is 5.11 Å². The van der Waals surface area contributed by atoms with Crippen molar-refractivity contribution in [1.82, 2.24) is 4.90 Å². The second-order valence-corrected chi connectivity index (χ2v) is 6.88. The lowest BCUT2D eigenvalue weighted by atomic mass is 9.89. The maximum atomic E-state index is 12.1. The second kappa shape index (κ2) is 7.38. The molecular formula is C17H24N4O2. The molecule has 1 fully saturated rings. The summed E-state index contributed by atoms with van der Waals surface area (Å²) in [6.07, 6.45) is 1.61. The summed E-state index contributed by atoms with van der Waals surface area (Å²) in [5, 5.41) is 3.61. The molecule has 0 atom stereocenters. The lowest BCUT2D eigenvalue weighted by Gasteiger charge is -2.33. The minimum absolute atomic E-state index is 0.229. The number of hydrogen-bond donors (Lipinski definition) is 0. The number of carbonyl (C=O) groups excluding carboxylic acids is 1. The number of piperidine rings is 1. The van der Waals surface area contributed by atoms with Crippen molar-refractivity contribution in [2.75, 3.05) is 13.1 Å². The fourth-order valence-electron chi connectivity index (χ4n) is 2.78. The summed E-state index contributed by atoms with van der Waals surface area (Å²) in [7, 11) is 0. The molecule has 1 amide bonds. The van der Waals surface area contributed by atoms with Crippen LogP contribution in [0.25, 0.3) is 10.4 Å². The normalized spacial score (nSPS) is 15.9. The Balaban J connectivity index is 1.94. The summed E-state index contributed by atoms with van der Waals surface area (Å²) in [6.45, 7) is 7.44. The number of azide groups is 1. The van der Waals surface area contributed by atoms with Gasteiger partial charge in [0.1, 0.15) is 5.60 Å². The predicted molar refractivity (Wildman–Crippen MR) is 89.1 cm³/mol. The van der Waals surface area contributed by atoms with E-state index in [-0.39, 0.29) is 6.09 Å². The summed E-state index contributed by atoms with van der Waals surface area (Å²) in [4.78, 5) is 16.7. The first kappa shape index (κ1) is 17.2. The van der Waals surface area contributed by atoms with Crippen molar-refractivity contribution in [1.29, 1.82) is 0 Å². The van der Waals surface area contributed by atoms with Crippen molar-refractivity contribution in [3.8, 4) is 0 Å². The minimum Gasteiger partial charge on any atom is -0.444 e. The number of carbonyl (C=O) groups is 1. The predicted octanol–water partition coefficient (Wildman–Crippen LogP) is 4.61. The zero-order valence-electron chi connectivity index (χ0n) is 14.0. The average Bonchev–Trinajstić information content (AvgIpc) is 2.52. The molecule has 6 heteroatoms. The van der Waals surface area contributed by atoms with Crippen LogP contribution in [0.1, 0.15) is 50.7 Å². The highest BCUT2D eigenvalue weighted by molar-refractivity contribution is 5.68. The molecule has 0 unspecified atom stereocenters. The quantitative estimate of drug-likeness (QED) is 0.463.